The normalized spacial score (nSPS) is 12.2. The average Bonchev–Trinajstić information content (AvgIpc) is 3.43. The number of ether oxygens (including phenoxy) is 3. The first-order valence-electron chi connectivity index (χ1n) is 34.5. The fourth-order valence-electron chi connectivity index (χ4n) is 10.4. The van der Waals surface area contributed by atoms with Gasteiger partial charge < -0.3 is 14.2 Å². The summed E-state index contributed by atoms with van der Waals surface area (Å²) in [5, 5.41) is 0. The minimum Gasteiger partial charge on any atom is -0.462 e. The molecule has 0 N–H and O–H groups in total. The molecule has 0 radical (unpaired) electrons. The van der Waals surface area contributed by atoms with E-state index in [0.717, 1.165) is 70.6 Å². The minimum atomic E-state index is -0.771. The lowest BCUT2D eigenvalue weighted by Crippen LogP contribution is -2.30. The molecule has 0 aliphatic carbocycles. The third-order valence-corrected chi connectivity index (χ3v) is 15.6. The van der Waals surface area contributed by atoms with Gasteiger partial charge in [-0.3, -0.25) is 14.4 Å². The molecular weight excluding hydrogens is 949 g/mol. The van der Waals surface area contributed by atoms with Crippen LogP contribution in [0.5, 0.6) is 0 Å². The first-order valence-corrected chi connectivity index (χ1v) is 34.5. The van der Waals surface area contributed by atoms with Crippen LogP contribution in [0.1, 0.15) is 380 Å². The molecule has 0 heterocycles. The molecular formula is C71H132O6. The van der Waals surface area contributed by atoms with Crippen molar-refractivity contribution >= 4 is 17.9 Å². The Morgan fingerprint density at radius 2 is 0.481 bits per heavy atom. The topological polar surface area (TPSA) is 78.9 Å². The number of carbonyl (C=O) groups excluding carboxylic acids is 3. The van der Waals surface area contributed by atoms with E-state index in [1.54, 1.807) is 0 Å². The lowest BCUT2D eigenvalue weighted by Gasteiger charge is -2.18. The van der Waals surface area contributed by atoms with Crippen LogP contribution in [-0.2, 0) is 28.6 Å². The van der Waals surface area contributed by atoms with Crippen LogP contribution < -0.4 is 0 Å². The van der Waals surface area contributed by atoms with E-state index in [1.807, 2.05) is 0 Å². The first kappa shape index (κ1) is 74.6. The van der Waals surface area contributed by atoms with Gasteiger partial charge in [0.05, 0.1) is 0 Å². The number of hydrogen-bond donors (Lipinski definition) is 0. The lowest BCUT2D eigenvalue weighted by atomic mass is 10.0. The summed E-state index contributed by atoms with van der Waals surface area (Å²) in [5.74, 6) is -0.852. The molecule has 0 spiro atoms. The Morgan fingerprint density at radius 1 is 0.260 bits per heavy atom. The number of unbranched alkanes of at least 4 members (excludes halogenated alkanes) is 47. The highest BCUT2D eigenvalue weighted by molar-refractivity contribution is 5.71. The van der Waals surface area contributed by atoms with Gasteiger partial charge in [-0.15, -0.1) is 0 Å². The van der Waals surface area contributed by atoms with Crippen molar-refractivity contribution in [2.24, 2.45) is 0 Å². The van der Waals surface area contributed by atoms with Gasteiger partial charge in [0.2, 0.25) is 0 Å². The maximum absolute atomic E-state index is 12.9. The molecule has 0 saturated carbocycles. The third-order valence-electron chi connectivity index (χ3n) is 15.6. The van der Waals surface area contributed by atoms with Crippen LogP contribution in [0.2, 0.25) is 0 Å². The van der Waals surface area contributed by atoms with Crippen LogP contribution in [0.4, 0.5) is 0 Å². The first-order chi connectivity index (χ1) is 38.0. The van der Waals surface area contributed by atoms with E-state index in [4.69, 9.17) is 14.2 Å². The molecule has 0 amide bonds. The second kappa shape index (κ2) is 66.1. The van der Waals surface area contributed by atoms with E-state index in [-0.39, 0.29) is 31.1 Å². The Kier molecular flexibility index (Phi) is 64.1. The van der Waals surface area contributed by atoms with Crippen LogP contribution in [0, 0.1) is 0 Å². The SMILES string of the molecule is CCCC/C=C\CCCCCCCC(=O)OCC(COC(=O)CCCCCCCCCCCCCCCCCCCCC/C=C\C/C=C\CCCCCCC)OC(=O)CCCCCCCCCCCCCCCCCCC. The Bertz CT molecular complexity index is 1290. The maximum Gasteiger partial charge on any atom is 0.306 e. The molecule has 1 unspecified atom stereocenters. The zero-order chi connectivity index (χ0) is 55.7. The van der Waals surface area contributed by atoms with E-state index < -0.39 is 6.10 Å². The van der Waals surface area contributed by atoms with Gasteiger partial charge in [0, 0.05) is 19.3 Å². The fourth-order valence-corrected chi connectivity index (χ4v) is 10.4. The second-order valence-corrected chi connectivity index (χ2v) is 23.4. The van der Waals surface area contributed by atoms with E-state index >= 15 is 0 Å². The summed E-state index contributed by atoms with van der Waals surface area (Å²) in [5.41, 5.74) is 0. The van der Waals surface area contributed by atoms with Gasteiger partial charge in [-0.25, -0.2) is 0 Å². The smallest absolute Gasteiger partial charge is 0.306 e. The quantitative estimate of drug-likeness (QED) is 0.0261. The predicted molar refractivity (Wildman–Crippen MR) is 335 cm³/mol. The molecule has 0 aliphatic rings. The molecule has 1 atom stereocenters. The van der Waals surface area contributed by atoms with Crippen molar-refractivity contribution in [1.29, 1.82) is 0 Å². The highest BCUT2D eigenvalue weighted by Gasteiger charge is 2.19. The van der Waals surface area contributed by atoms with E-state index in [9.17, 15) is 14.4 Å². The molecule has 0 aliphatic heterocycles. The van der Waals surface area contributed by atoms with E-state index in [1.165, 1.54) is 270 Å². The Labute approximate surface area is 480 Å². The van der Waals surface area contributed by atoms with Crippen molar-refractivity contribution in [3.63, 3.8) is 0 Å². The molecule has 0 rings (SSSR count). The van der Waals surface area contributed by atoms with Gasteiger partial charge in [-0.2, -0.15) is 0 Å². The number of allylic oxidation sites excluding steroid dienone is 6. The van der Waals surface area contributed by atoms with Gasteiger partial charge in [0.1, 0.15) is 13.2 Å². The third kappa shape index (κ3) is 64.3. The predicted octanol–water partition coefficient (Wildman–Crippen LogP) is 23.6. The zero-order valence-corrected chi connectivity index (χ0v) is 52.0. The summed E-state index contributed by atoms with van der Waals surface area (Å²) >= 11 is 0. The summed E-state index contributed by atoms with van der Waals surface area (Å²) in [7, 11) is 0. The summed E-state index contributed by atoms with van der Waals surface area (Å²) < 4.78 is 16.9. The molecule has 0 saturated heterocycles. The van der Waals surface area contributed by atoms with E-state index in [2.05, 4.69) is 57.2 Å². The van der Waals surface area contributed by atoms with Crippen molar-refractivity contribution in [1.82, 2.24) is 0 Å². The molecule has 0 aromatic rings. The molecule has 0 aromatic heterocycles. The molecule has 77 heavy (non-hydrogen) atoms. The van der Waals surface area contributed by atoms with Gasteiger partial charge in [0.15, 0.2) is 6.10 Å². The number of esters is 3. The zero-order valence-electron chi connectivity index (χ0n) is 52.0. The van der Waals surface area contributed by atoms with Crippen LogP contribution in [0.3, 0.4) is 0 Å². The summed E-state index contributed by atoms with van der Waals surface area (Å²) in [4.78, 5) is 38.3. The van der Waals surface area contributed by atoms with Crippen LogP contribution >= 0.6 is 0 Å². The highest BCUT2D eigenvalue weighted by Crippen LogP contribution is 2.18. The number of rotatable bonds is 64. The highest BCUT2D eigenvalue weighted by atomic mass is 16.6. The summed E-state index contributed by atoms with van der Waals surface area (Å²) in [6.07, 6.45) is 81.8. The largest absolute Gasteiger partial charge is 0.462 e. The molecule has 0 bridgehead atoms. The van der Waals surface area contributed by atoms with Gasteiger partial charge in [-0.1, -0.05) is 327 Å². The van der Waals surface area contributed by atoms with Crippen LogP contribution in [-0.4, -0.2) is 37.2 Å². The van der Waals surface area contributed by atoms with Crippen LogP contribution in [0.15, 0.2) is 36.5 Å². The van der Waals surface area contributed by atoms with Crippen molar-refractivity contribution in [3.8, 4) is 0 Å². The van der Waals surface area contributed by atoms with Gasteiger partial charge in [-0.05, 0) is 70.6 Å². The van der Waals surface area contributed by atoms with Gasteiger partial charge >= 0.3 is 17.9 Å². The summed E-state index contributed by atoms with van der Waals surface area (Å²) in [6.45, 7) is 6.65. The molecule has 452 valence electrons. The standard InChI is InChI=1S/C71H132O6/c1-4-7-10-13-16-19-22-24-26-28-29-30-31-32-33-34-35-36-37-38-39-40-41-43-44-46-49-52-55-58-61-64-70(73)76-67-68(66-75-69(72)63-60-57-54-51-48-21-18-15-12-9-6-3)77-71(74)65-62-59-56-53-50-47-45-42-27-25-23-20-17-14-11-8-5-2/h15,18,22,24,28-29,68H,4-14,16-17,19-21,23,25-27,30-67H2,1-3H3/b18-15-,24-22-,29-28-. The maximum atomic E-state index is 12.9. The average molecular weight is 1080 g/mol. The van der Waals surface area contributed by atoms with Crippen molar-refractivity contribution < 1.29 is 28.6 Å². The Balaban J connectivity index is 4.10. The van der Waals surface area contributed by atoms with Gasteiger partial charge in [0.25, 0.3) is 0 Å². The second-order valence-electron chi connectivity index (χ2n) is 23.4. The number of hydrogen-bond acceptors (Lipinski definition) is 6. The van der Waals surface area contributed by atoms with Crippen molar-refractivity contribution in [2.45, 2.75) is 386 Å². The summed E-state index contributed by atoms with van der Waals surface area (Å²) in [6, 6.07) is 0. The molecule has 6 nitrogen and oxygen atoms in total. The monoisotopic (exact) mass is 1080 g/mol. The fraction of sp³-hybridized carbons (Fsp3) is 0.873. The minimum absolute atomic E-state index is 0.0688. The molecule has 6 heteroatoms. The lowest BCUT2D eigenvalue weighted by molar-refractivity contribution is -0.167. The van der Waals surface area contributed by atoms with Crippen LogP contribution in [0.25, 0.3) is 0 Å². The number of carbonyl (C=O) groups is 3. The van der Waals surface area contributed by atoms with Crippen molar-refractivity contribution in [2.75, 3.05) is 13.2 Å². The Hall–Kier alpha value is -2.37. The van der Waals surface area contributed by atoms with E-state index in [0.29, 0.717) is 19.3 Å². The molecule has 0 fully saturated rings. The van der Waals surface area contributed by atoms with Crippen molar-refractivity contribution in [3.05, 3.63) is 36.5 Å². The molecule has 0 aromatic carbocycles. The Morgan fingerprint density at radius 3 is 0.766 bits per heavy atom.